The summed E-state index contributed by atoms with van der Waals surface area (Å²) in [5, 5.41) is 4.84. The summed E-state index contributed by atoms with van der Waals surface area (Å²) >= 11 is 9.11. The van der Waals surface area contributed by atoms with Gasteiger partial charge in [-0.15, -0.1) is 0 Å². The van der Waals surface area contributed by atoms with Crippen LogP contribution in [0, 0.1) is 12.7 Å². The minimum Gasteiger partial charge on any atom is -0.266 e. The Morgan fingerprint density at radius 2 is 2.25 bits per heavy atom. The second kappa shape index (κ2) is 4.55. The smallest absolute Gasteiger partial charge is 0.137 e. The first-order chi connectivity index (χ1) is 7.58. The van der Waals surface area contributed by atoms with Crippen molar-refractivity contribution in [2.75, 3.05) is 0 Å². The predicted octanol–water partition coefficient (Wildman–Crippen LogP) is 3.79. The highest BCUT2D eigenvalue weighted by Gasteiger charge is 2.07. The third kappa shape index (κ3) is 2.28. The highest BCUT2D eigenvalue weighted by atomic mass is 79.9. The molecule has 0 radical (unpaired) electrons. The second-order valence-electron chi connectivity index (χ2n) is 3.47. The number of rotatable bonds is 2. The molecule has 84 valence electrons. The van der Waals surface area contributed by atoms with E-state index in [-0.39, 0.29) is 5.82 Å². The van der Waals surface area contributed by atoms with Gasteiger partial charge in [0.05, 0.1) is 21.7 Å². The number of benzene rings is 1. The lowest BCUT2D eigenvalue weighted by Crippen LogP contribution is -2.02. The molecule has 0 unspecified atom stereocenters. The van der Waals surface area contributed by atoms with Crippen molar-refractivity contribution in [3.8, 4) is 0 Å². The van der Waals surface area contributed by atoms with Crippen LogP contribution < -0.4 is 0 Å². The van der Waals surface area contributed by atoms with Crippen molar-refractivity contribution in [1.29, 1.82) is 0 Å². The average Bonchev–Trinajstić information content (AvgIpc) is 2.54. The Balaban J connectivity index is 2.30. The van der Waals surface area contributed by atoms with E-state index in [0.29, 0.717) is 16.0 Å². The van der Waals surface area contributed by atoms with E-state index in [1.807, 2.05) is 13.0 Å². The minimum atomic E-state index is -0.271. The molecule has 0 aliphatic rings. The molecule has 2 aromatic rings. The maximum Gasteiger partial charge on any atom is 0.137 e. The minimum absolute atomic E-state index is 0.271. The van der Waals surface area contributed by atoms with Crippen LogP contribution in [0.25, 0.3) is 0 Å². The molecule has 0 atom stereocenters. The Labute approximate surface area is 106 Å². The Morgan fingerprint density at radius 3 is 2.88 bits per heavy atom. The summed E-state index contributed by atoms with van der Waals surface area (Å²) in [5.74, 6) is -0.271. The SMILES string of the molecule is Cc1nn(Cc2cccc(F)c2Br)cc1Cl. The van der Waals surface area contributed by atoms with Gasteiger partial charge >= 0.3 is 0 Å². The van der Waals surface area contributed by atoms with Crippen LogP contribution in [0.3, 0.4) is 0 Å². The van der Waals surface area contributed by atoms with Crippen LogP contribution in [0.5, 0.6) is 0 Å². The summed E-state index contributed by atoms with van der Waals surface area (Å²) in [6.45, 7) is 2.32. The number of hydrogen-bond donors (Lipinski definition) is 0. The highest BCUT2D eigenvalue weighted by molar-refractivity contribution is 9.10. The summed E-state index contributed by atoms with van der Waals surface area (Å²) in [6, 6.07) is 4.93. The molecule has 1 aromatic heterocycles. The lowest BCUT2D eigenvalue weighted by Gasteiger charge is -2.05. The van der Waals surface area contributed by atoms with Crippen molar-refractivity contribution in [2.45, 2.75) is 13.5 Å². The lowest BCUT2D eigenvalue weighted by molar-refractivity contribution is 0.610. The third-order valence-electron chi connectivity index (χ3n) is 2.25. The van der Waals surface area contributed by atoms with Gasteiger partial charge in [-0.2, -0.15) is 5.10 Å². The summed E-state index contributed by atoms with van der Waals surface area (Å²) in [4.78, 5) is 0. The van der Waals surface area contributed by atoms with Crippen LogP contribution in [0.1, 0.15) is 11.3 Å². The van der Waals surface area contributed by atoms with Gasteiger partial charge in [0, 0.05) is 6.20 Å². The number of aryl methyl sites for hydroxylation is 1. The average molecular weight is 304 g/mol. The molecule has 0 aliphatic carbocycles. The van der Waals surface area contributed by atoms with E-state index < -0.39 is 0 Å². The molecular formula is C11H9BrClFN2. The first kappa shape index (κ1) is 11.6. The Hall–Kier alpha value is -0.870. The van der Waals surface area contributed by atoms with Crippen molar-refractivity contribution in [3.63, 3.8) is 0 Å². The molecule has 0 saturated carbocycles. The van der Waals surface area contributed by atoms with E-state index >= 15 is 0 Å². The fourth-order valence-corrected chi connectivity index (χ4v) is 1.96. The van der Waals surface area contributed by atoms with E-state index in [4.69, 9.17) is 11.6 Å². The van der Waals surface area contributed by atoms with Gasteiger partial charge < -0.3 is 0 Å². The molecular weight excluding hydrogens is 294 g/mol. The molecule has 0 aliphatic heterocycles. The first-order valence-electron chi connectivity index (χ1n) is 4.70. The molecule has 2 nitrogen and oxygen atoms in total. The van der Waals surface area contributed by atoms with Crippen LogP contribution in [0.15, 0.2) is 28.9 Å². The predicted molar refractivity (Wildman–Crippen MR) is 65.2 cm³/mol. The Morgan fingerprint density at radius 1 is 1.50 bits per heavy atom. The third-order valence-corrected chi connectivity index (χ3v) is 3.51. The van der Waals surface area contributed by atoms with Gasteiger partial charge in [-0.25, -0.2) is 4.39 Å². The highest BCUT2D eigenvalue weighted by Crippen LogP contribution is 2.22. The summed E-state index contributed by atoms with van der Waals surface area (Å²) in [5.41, 5.74) is 1.60. The van der Waals surface area contributed by atoms with Gasteiger partial charge in [0.2, 0.25) is 0 Å². The number of aromatic nitrogens is 2. The largest absolute Gasteiger partial charge is 0.266 e. The van der Waals surface area contributed by atoms with Crippen LogP contribution in [-0.4, -0.2) is 9.78 Å². The van der Waals surface area contributed by atoms with Gasteiger partial charge in [-0.1, -0.05) is 23.7 Å². The first-order valence-corrected chi connectivity index (χ1v) is 5.87. The van der Waals surface area contributed by atoms with Gasteiger partial charge in [0.15, 0.2) is 0 Å². The molecule has 2 rings (SSSR count). The summed E-state index contributed by atoms with van der Waals surface area (Å²) < 4.78 is 15.4. The second-order valence-corrected chi connectivity index (χ2v) is 4.67. The van der Waals surface area contributed by atoms with Gasteiger partial charge in [-0.05, 0) is 34.5 Å². The van der Waals surface area contributed by atoms with E-state index in [1.165, 1.54) is 6.07 Å². The molecule has 1 aromatic carbocycles. The maximum atomic E-state index is 13.3. The number of halogens is 3. The van der Waals surface area contributed by atoms with Crippen LogP contribution in [0.2, 0.25) is 5.02 Å². The molecule has 0 amide bonds. The van der Waals surface area contributed by atoms with Crippen LogP contribution in [-0.2, 0) is 6.54 Å². The zero-order chi connectivity index (χ0) is 11.7. The molecule has 0 spiro atoms. The van der Waals surface area contributed by atoms with Gasteiger partial charge in [0.1, 0.15) is 5.82 Å². The van der Waals surface area contributed by atoms with Crippen molar-refractivity contribution < 1.29 is 4.39 Å². The molecule has 0 bridgehead atoms. The van der Waals surface area contributed by atoms with Crippen LogP contribution in [0.4, 0.5) is 4.39 Å². The van der Waals surface area contributed by atoms with E-state index in [1.54, 1.807) is 16.9 Å². The van der Waals surface area contributed by atoms with Crippen molar-refractivity contribution in [1.82, 2.24) is 9.78 Å². The fraction of sp³-hybridized carbons (Fsp3) is 0.182. The van der Waals surface area contributed by atoms with Crippen molar-refractivity contribution in [3.05, 3.63) is 51.0 Å². The van der Waals surface area contributed by atoms with Crippen LogP contribution >= 0.6 is 27.5 Å². The van der Waals surface area contributed by atoms with Gasteiger partial charge in [0.25, 0.3) is 0 Å². The number of hydrogen-bond acceptors (Lipinski definition) is 1. The zero-order valence-electron chi connectivity index (χ0n) is 8.54. The van der Waals surface area contributed by atoms with Crippen molar-refractivity contribution in [2.24, 2.45) is 0 Å². The lowest BCUT2D eigenvalue weighted by atomic mass is 10.2. The maximum absolute atomic E-state index is 13.3. The topological polar surface area (TPSA) is 17.8 Å². The Bertz CT molecular complexity index is 505. The van der Waals surface area contributed by atoms with E-state index in [0.717, 1.165) is 11.3 Å². The molecule has 0 fully saturated rings. The van der Waals surface area contributed by atoms with E-state index in [2.05, 4.69) is 21.0 Å². The molecule has 1 heterocycles. The molecule has 5 heteroatoms. The fourth-order valence-electron chi connectivity index (χ4n) is 1.42. The summed E-state index contributed by atoms with van der Waals surface area (Å²) in [7, 11) is 0. The van der Waals surface area contributed by atoms with E-state index in [9.17, 15) is 4.39 Å². The molecule has 16 heavy (non-hydrogen) atoms. The number of nitrogens with zero attached hydrogens (tertiary/aromatic N) is 2. The van der Waals surface area contributed by atoms with Gasteiger partial charge in [-0.3, -0.25) is 4.68 Å². The molecule has 0 N–H and O–H groups in total. The van der Waals surface area contributed by atoms with Crippen molar-refractivity contribution >= 4 is 27.5 Å². The Kier molecular flexibility index (Phi) is 3.30. The normalized spacial score (nSPS) is 10.8. The monoisotopic (exact) mass is 302 g/mol. The standard InChI is InChI=1S/C11H9BrClFN2/c1-7-9(13)6-16(15-7)5-8-3-2-4-10(14)11(8)12/h2-4,6H,5H2,1H3. The summed E-state index contributed by atoms with van der Waals surface area (Å²) in [6.07, 6.45) is 1.73. The quantitative estimate of drug-likeness (QED) is 0.825. The molecule has 0 saturated heterocycles. The zero-order valence-corrected chi connectivity index (χ0v) is 10.9.